The van der Waals surface area contributed by atoms with Gasteiger partial charge in [0.15, 0.2) is 0 Å². The first-order valence-corrected chi connectivity index (χ1v) is 6.18. The summed E-state index contributed by atoms with van der Waals surface area (Å²) < 4.78 is 0. The van der Waals surface area contributed by atoms with E-state index in [0.29, 0.717) is 0 Å². The molecule has 2 rings (SSSR count). The predicted molar refractivity (Wildman–Crippen MR) is 80.1 cm³/mol. The second-order valence-electron chi connectivity index (χ2n) is 4.23. The quantitative estimate of drug-likeness (QED) is 0.455. The van der Waals surface area contributed by atoms with E-state index in [2.05, 4.69) is 0 Å². The molecule has 0 spiro atoms. The topological polar surface area (TPSA) is 161 Å². The molecule has 10 nitrogen and oxygen atoms in total. The zero-order valence-corrected chi connectivity index (χ0v) is 13.2. The summed E-state index contributed by atoms with van der Waals surface area (Å²) in [5, 5.41) is 37.3. The van der Waals surface area contributed by atoms with Gasteiger partial charge >= 0.3 is 11.9 Å². The van der Waals surface area contributed by atoms with Crippen LogP contribution in [0.25, 0.3) is 0 Å². The first-order valence-electron chi connectivity index (χ1n) is 6.18. The van der Waals surface area contributed by atoms with Gasteiger partial charge in [-0.1, -0.05) is 12.1 Å². The van der Waals surface area contributed by atoms with Crippen LogP contribution in [0.15, 0.2) is 48.5 Å². The Morgan fingerprint density at radius 2 is 1.08 bits per heavy atom. The van der Waals surface area contributed by atoms with Gasteiger partial charge in [-0.05, 0) is 12.1 Å². The summed E-state index contributed by atoms with van der Waals surface area (Å²) in [7, 11) is 0. The van der Waals surface area contributed by atoms with Gasteiger partial charge in [-0.15, -0.1) is 0 Å². The molecule has 2 aromatic carbocycles. The van der Waals surface area contributed by atoms with Gasteiger partial charge in [0, 0.05) is 40.8 Å². The number of carboxylic acid groups (broad SMARTS) is 2. The number of benzene rings is 2. The van der Waals surface area contributed by atoms with E-state index < -0.39 is 21.8 Å². The van der Waals surface area contributed by atoms with Crippen LogP contribution in [0, 0.1) is 20.2 Å². The first kappa shape index (κ1) is 21.7. The van der Waals surface area contributed by atoms with Crippen molar-refractivity contribution in [1.82, 2.24) is 0 Å². The first-order chi connectivity index (χ1) is 11.2. The van der Waals surface area contributed by atoms with Crippen LogP contribution in [0.3, 0.4) is 0 Å². The van der Waals surface area contributed by atoms with E-state index >= 15 is 0 Å². The van der Waals surface area contributed by atoms with Crippen LogP contribution < -0.4 is 0 Å². The molecule has 0 aromatic heterocycles. The molecule has 2 aromatic rings. The zero-order chi connectivity index (χ0) is 18.3. The number of carbonyl (C=O) groups is 2. The summed E-state index contributed by atoms with van der Waals surface area (Å²) in [4.78, 5) is 39.8. The number of nitrogens with zero attached hydrogens (tertiary/aromatic N) is 2. The molecule has 0 unspecified atom stereocenters. The molecule has 0 aliphatic carbocycles. The maximum Gasteiger partial charge on any atom is 0.335 e. The fourth-order valence-electron chi connectivity index (χ4n) is 1.51. The molecule has 0 radical (unpaired) electrons. The monoisotopic (exact) mass is 392 g/mol. The molecular weight excluding hydrogens is 383 g/mol. The minimum atomic E-state index is -1.17. The number of carboxylic acids is 2. The number of hydrogen-bond acceptors (Lipinski definition) is 6. The van der Waals surface area contributed by atoms with Crippen LogP contribution in [0.5, 0.6) is 0 Å². The van der Waals surface area contributed by atoms with Crippen molar-refractivity contribution in [1.29, 1.82) is 0 Å². The molecule has 11 heteroatoms. The molecule has 0 aliphatic rings. The summed E-state index contributed by atoms with van der Waals surface area (Å²) in [6, 6.07) is 9.79. The zero-order valence-electron chi connectivity index (χ0n) is 12.2. The van der Waals surface area contributed by atoms with Gasteiger partial charge in [-0.3, -0.25) is 20.2 Å². The van der Waals surface area contributed by atoms with Gasteiger partial charge in [0.25, 0.3) is 11.4 Å². The Bertz CT molecular complexity index is 683. The van der Waals surface area contributed by atoms with Crippen molar-refractivity contribution in [2.45, 2.75) is 0 Å². The van der Waals surface area contributed by atoms with Gasteiger partial charge in [0.1, 0.15) is 0 Å². The molecule has 25 heavy (non-hydrogen) atoms. The van der Waals surface area contributed by atoms with Gasteiger partial charge in [-0.2, -0.15) is 0 Å². The van der Waals surface area contributed by atoms with Crippen LogP contribution in [-0.4, -0.2) is 32.0 Å². The number of aromatic carboxylic acids is 2. The van der Waals surface area contributed by atoms with Crippen LogP contribution in [-0.2, 0) is 16.5 Å². The minimum Gasteiger partial charge on any atom is -0.478 e. The average Bonchev–Trinajstić information content (AvgIpc) is 2.55. The summed E-state index contributed by atoms with van der Waals surface area (Å²) >= 11 is 0. The largest absolute Gasteiger partial charge is 0.478 e. The van der Waals surface area contributed by atoms with E-state index in [4.69, 9.17) is 10.2 Å². The molecule has 0 aliphatic heterocycles. The SMILES string of the molecule is O=C(O)c1cccc([N+](=O)[O-])c1.O=C(O)c1cccc([N+](=O)[O-])c1.[Ni]. The van der Waals surface area contributed by atoms with Gasteiger partial charge in [0.05, 0.1) is 21.0 Å². The third-order valence-corrected chi connectivity index (χ3v) is 2.61. The summed E-state index contributed by atoms with van der Waals surface area (Å²) in [6.45, 7) is 0. The molecule has 0 heterocycles. The van der Waals surface area contributed by atoms with Crippen LogP contribution in [0.1, 0.15) is 20.7 Å². The summed E-state index contributed by atoms with van der Waals surface area (Å²) in [6.07, 6.45) is 0. The fraction of sp³-hybridized carbons (Fsp3) is 0. The summed E-state index contributed by atoms with van der Waals surface area (Å²) in [5.74, 6) is -2.34. The third kappa shape index (κ3) is 6.75. The van der Waals surface area contributed by atoms with Gasteiger partial charge in [0.2, 0.25) is 0 Å². The standard InChI is InChI=1S/2C7H5NO4.Ni/c2*9-7(10)5-2-1-3-6(4-5)8(11)12;/h2*1-4H,(H,9,10);. The molecule has 0 bridgehead atoms. The van der Waals surface area contributed by atoms with E-state index in [0.717, 1.165) is 12.1 Å². The van der Waals surface area contributed by atoms with Crippen LogP contribution in [0.2, 0.25) is 0 Å². The van der Waals surface area contributed by atoms with Crippen molar-refractivity contribution in [2.75, 3.05) is 0 Å². The number of nitro benzene ring substituents is 2. The van der Waals surface area contributed by atoms with E-state index in [1.807, 2.05) is 0 Å². The van der Waals surface area contributed by atoms with Gasteiger partial charge < -0.3 is 10.2 Å². The number of nitro groups is 2. The second kappa shape index (κ2) is 9.73. The molecule has 2 N–H and O–H groups in total. The van der Waals surface area contributed by atoms with Gasteiger partial charge in [-0.25, -0.2) is 9.59 Å². The predicted octanol–water partition coefficient (Wildman–Crippen LogP) is 2.58. The maximum atomic E-state index is 10.4. The molecule has 0 amide bonds. The Balaban J connectivity index is 0.000000443. The van der Waals surface area contributed by atoms with E-state index in [9.17, 15) is 29.8 Å². The Morgan fingerprint density at radius 1 is 0.760 bits per heavy atom. The summed E-state index contributed by atoms with van der Waals surface area (Å²) in [5.41, 5.74) is -0.585. The smallest absolute Gasteiger partial charge is 0.335 e. The van der Waals surface area contributed by atoms with Crippen molar-refractivity contribution in [3.63, 3.8) is 0 Å². The maximum absolute atomic E-state index is 10.4. The Labute approximate surface area is 149 Å². The molecule has 0 fully saturated rings. The third-order valence-electron chi connectivity index (χ3n) is 2.61. The van der Waals surface area contributed by atoms with Crippen molar-refractivity contribution >= 4 is 23.3 Å². The van der Waals surface area contributed by atoms with Crippen molar-refractivity contribution in [3.8, 4) is 0 Å². The fourth-order valence-corrected chi connectivity index (χ4v) is 1.51. The van der Waals surface area contributed by atoms with Crippen molar-refractivity contribution in [2.24, 2.45) is 0 Å². The Hall–Kier alpha value is -3.33. The van der Waals surface area contributed by atoms with Crippen molar-refractivity contribution in [3.05, 3.63) is 79.9 Å². The normalized spacial score (nSPS) is 8.96. The van der Waals surface area contributed by atoms with E-state index in [1.165, 1.54) is 36.4 Å². The number of hydrogen-bond donors (Lipinski definition) is 2. The Morgan fingerprint density at radius 3 is 1.32 bits per heavy atom. The van der Waals surface area contributed by atoms with E-state index in [-0.39, 0.29) is 39.0 Å². The number of non-ortho nitro benzene ring substituents is 2. The van der Waals surface area contributed by atoms with Crippen LogP contribution in [0.4, 0.5) is 11.4 Å². The molecular formula is C14H10N2NiO8. The van der Waals surface area contributed by atoms with Crippen LogP contribution >= 0.6 is 0 Å². The van der Waals surface area contributed by atoms with E-state index in [1.54, 1.807) is 0 Å². The number of rotatable bonds is 4. The van der Waals surface area contributed by atoms with Crippen molar-refractivity contribution < 1.29 is 46.1 Å². The minimum absolute atomic E-state index is 0. The molecule has 134 valence electrons. The molecule has 0 saturated carbocycles. The second-order valence-corrected chi connectivity index (χ2v) is 4.23. The average molecular weight is 393 g/mol. The molecule has 0 atom stereocenters. The Kier molecular flexibility index (Phi) is 8.44. The molecule has 0 saturated heterocycles.